The Hall–Kier alpha value is -2.88. The third-order valence-corrected chi connectivity index (χ3v) is 3.41. The smallest absolute Gasteiger partial charge is 0.262 e. The Morgan fingerprint density at radius 2 is 1.57 bits per heavy atom. The Kier molecular flexibility index (Phi) is 3.28. The van der Waals surface area contributed by atoms with Gasteiger partial charge in [-0.3, -0.25) is 14.2 Å². The molecule has 0 fully saturated rings. The van der Waals surface area contributed by atoms with Crippen LogP contribution in [0, 0.1) is 0 Å². The standard InChI is InChI=1S/C17H14N2O2/c18-16(20)10-12-11-19(13-6-2-1-3-7-13)17(21)15-9-5-4-8-14(12)15/h1-9,11H,10H2,(H2,18,20). The maximum atomic E-state index is 12.6. The molecule has 0 bridgehead atoms. The Labute approximate surface area is 121 Å². The summed E-state index contributed by atoms with van der Waals surface area (Å²) in [5, 5.41) is 1.36. The summed E-state index contributed by atoms with van der Waals surface area (Å²) in [6, 6.07) is 16.6. The fraction of sp³-hybridized carbons (Fsp3) is 0.0588. The minimum Gasteiger partial charge on any atom is -0.369 e. The van der Waals surface area contributed by atoms with Gasteiger partial charge in [-0.25, -0.2) is 0 Å². The number of hydrogen-bond donors (Lipinski definition) is 1. The van der Waals surface area contributed by atoms with Gasteiger partial charge in [0.1, 0.15) is 0 Å². The summed E-state index contributed by atoms with van der Waals surface area (Å²) in [6.45, 7) is 0. The fourth-order valence-electron chi connectivity index (χ4n) is 2.47. The van der Waals surface area contributed by atoms with E-state index in [1.165, 1.54) is 0 Å². The highest BCUT2D eigenvalue weighted by molar-refractivity contribution is 5.89. The summed E-state index contributed by atoms with van der Waals surface area (Å²) in [6.07, 6.45) is 1.80. The third kappa shape index (κ3) is 2.43. The molecule has 2 N–H and O–H groups in total. The van der Waals surface area contributed by atoms with Crippen molar-refractivity contribution in [2.75, 3.05) is 0 Å². The molecule has 3 rings (SSSR count). The molecule has 0 atom stereocenters. The van der Waals surface area contributed by atoms with Crippen LogP contribution in [0.25, 0.3) is 16.5 Å². The van der Waals surface area contributed by atoms with E-state index < -0.39 is 5.91 Å². The Morgan fingerprint density at radius 1 is 0.952 bits per heavy atom. The van der Waals surface area contributed by atoms with Crippen LogP contribution >= 0.6 is 0 Å². The number of benzene rings is 2. The van der Waals surface area contributed by atoms with Crippen LogP contribution in [0.5, 0.6) is 0 Å². The highest BCUT2D eigenvalue weighted by Gasteiger charge is 2.11. The minimum atomic E-state index is -0.418. The van der Waals surface area contributed by atoms with Crippen LogP contribution in [-0.2, 0) is 11.2 Å². The second kappa shape index (κ2) is 5.25. The zero-order chi connectivity index (χ0) is 14.8. The summed E-state index contributed by atoms with van der Waals surface area (Å²) in [4.78, 5) is 23.9. The van der Waals surface area contributed by atoms with Crippen molar-refractivity contribution in [3.05, 3.63) is 76.7 Å². The number of primary amides is 1. The van der Waals surface area contributed by atoms with Crippen molar-refractivity contribution in [3.8, 4) is 5.69 Å². The number of pyridine rings is 1. The van der Waals surface area contributed by atoms with Gasteiger partial charge in [0.15, 0.2) is 0 Å². The predicted octanol–water partition coefficient (Wildman–Crippen LogP) is 2.02. The second-order valence-corrected chi connectivity index (χ2v) is 4.85. The van der Waals surface area contributed by atoms with Crippen LogP contribution in [-0.4, -0.2) is 10.5 Å². The predicted molar refractivity (Wildman–Crippen MR) is 82.4 cm³/mol. The zero-order valence-corrected chi connectivity index (χ0v) is 11.3. The lowest BCUT2D eigenvalue weighted by Crippen LogP contribution is -2.21. The Balaban J connectivity index is 2.34. The van der Waals surface area contributed by atoms with Gasteiger partial charge in [0.25, 0.3) is 5.56 Å². The number of rotatable bonds is 3. The number of fused-ring (bicyclic) bond motifs is 1. The van der Waals surface area contributed by atoms with Gasteiger partial charge in [-0.1, -0.05) is 36.4 Å². The molecule has 104 valence electrons. The molecule has 0 spiro atoms. The number of hydrogen-bond acceptors (Lipinski definition) is 2. The van der Waals surface area contributed by atoms with Gasteiger partial charge in [-0.2, -0.15) is 0 Å². The van der Waals surface area contributed by atoms with Crippen LogP contribution < -0.4 is 11.3 Å². The maximum Gasteiger partial charge on any atom is 0.262 e. The van der Waals surface area contributed by atoms with E-state index in [-0.39, 0.29) is 12.0 Å². The highest BCUT2D eigenvalue weighted by Crippen LogP contribution is 2.17. The van der Waals surface area contributed by atoms with Crippen molar-refractivity contribution in [2.45, 2.75) is 6.42 Å². The van der Waals surface area contributed by atoms with Crippen molar-refractivity contribution in [1.82, 2.24) is 4.57 Å². The zero-order valence-electron chi connectivity index (χ0n) is 11.3. The van der Waals surface area contributed by atoms with Gasteiger partial charge in [-0.05, 0) is 29.1 Å². The van der Waals surface area contributed by atoms with Crippen molar-refractivity contribution in [2.24, 2.45) is 5.73 Å². The van der Waals surface area contributed by atoms with E-state index >= 15 is 0 Å². The topological polar surface area (TPSA) is 65.1 Å². The number of amides is 1. The summed E-state index contributed by atoms with van der Waals surface area (Å²) < 4.78 is 1.56. The number of carbonyl (C=O) groups is 1. The average Bonchev–Trinajstić information content (AvgIpc) is 2.51. The number of aromatic nitrogens is 1. The number of carbonyl (C=O) groups excluding carboxylic acids is 1. The molecule has 2 aromatic carbocycles. The largest absolute Gasteiger partial charge is 0.369 e. The normalized spacial score (nSPS) is 10.7. The molecule has 0 aliphatic heterocycles. The van der Waals surface area contributed by atoms with Gasteiger partial charge in [0.05, 0.1) is 6.42 Å². The average molecular weight is 278 g/mol. The molecule has 1 aromatic heterocycles. The van der Waals surface area contributed by atoms with E-state index in [1.807, 2.05) is 48.5 Å². The first-order valence-electron chi connectivity index (χ1n) is 6.64. The SMILES string of the molecule is NC(=O)Cc1cn(-c2ccccc2)c(=O)c2ccccc12. The van der Waals surface area contributed by atoms with Gasteiger partial charge in [0, 0.05) is 17.3 Å². The quantitative estimate of drug-likeness (QED) is 0.796. The fourth-order valence-corrected chi connectivity index (χ4v) is 2.47. The van der Waals surface area contributed by atoms with E-state index in [0.717, 1.165) is 16.6 Å². The first-order valence-corrected chi connectivity index (χ1v) is 6.64. The van der Waals surface area contributed by atoms with E-state index in [9.17, 15) is 9.59 Å². The lowest BCUT2D eigenvalue weighted by molar-refractivity contribution is -0.117. The molecule has 0 unspecified atom stereocenters. The highest BCUT2D eigenvalue weighted by atomic mass is 16.1. The molecule has 0 aliphatic rings. The van der Waals surface area contributed by atoms with E-state index in [2.05, 4.69) is 0 Å². The van der Waals surface area contributed by atoms with Crippen LogP contribution in [0.1, 0.15) is 5.56 Å². The van der Waals surface area contributed by atoms with Crippen molar-refractivity contribution < 1.29 is 4.79 Å². The molecule has 3 aromatic rings. The summed E-state index contributed by atoms with van der Waals surface area (Å²) in [5.41, 5.74) is 6.72. The van der Waals surface area contributed by atoms with Crippen LogP contribution in [0.15, 0.2) is 65.6 Å². The first kappa shape index (κ1) is 13.1. The molecule has 0 radical (unpaired) electrons. The van der Waals surface area contributed by atoms with Crippen LogP contribution in [0.4, 0.5) is 0 Å². The monoisotopic (exact) mass is 278 g/mol. The molecular formula is C17H14N2O2. The molecule has 21 heavy (non-hydrogen) atoms. The lowest BCUT2D eigenvalue weighted by Gasteiger charge is -2.11. The molecule has 0 saturated carbocycles. The number of nitrogens with zero attached hydrogens (tertiary/aromatic N) is 1. The summed E-state index contributed by atoms with van der Waals surface area (Å²) in [5.74, 6) is -0.418. The van der Waals surface area contributed by atoms with Crippen LogP contribution in [0.2, 0.25) is 0 Å². The van der Waals surface area contributed by atoms with E-state index in [4.69, 9.17) is 5.73 Å². The summed E-state index contributed by atoms with van der Waals surface area (Å²) >= 11 is 0. The van der Waals surface area contributed by atoms with E-state index in [0.29, 0.717) is 5.39 Å². The van der Waals surface area contributed by atoms with Crippen LogP contribution in [0.3, 0.4) is 0 Å². The first-order chi connectivity index (χ1) is 10.2. The summed E-state index contributed by atoms with van der Waals surface area (Å²) in [7, 11) is 0. The number of para-hydroxylation sites is 1. The number of nitrogens with two attached hydrogens (primary N) is 1. The molecule has 4 heteroatoms. The van der Waals surface area contributed by atoms with Crippen molar-refractivity contribution in [3.63, 3.8) is 0 Å². The molecule has 1 heterocycles. The molecule has 4 nitrogen and oxygen atoms in total. The molecule has 0 saturated heterocycles. The molecule has 1 amide bonds. The third-order valence-electron chi connectivity index (χ3n) is 3.41. The van der Waals surface area contributed by atoms with Gasteiger partial charge < -0.3 is 5.73 Å². The van der Waals surface area contributed by atoms with Crippen molar-refractivity contribution >= 4 is 16.7 Å². The van der Waals surface area contributed by atoms with Gasteiger partial charge in [-0.15, -0.1) is 0 Å². The lowest BCUT2D eigenvalue weighted by atomic mass is 10.0. The molecular weight excluding hydrogens is 264 g/mol. The Morgan fingerprint density at radius 3 is 2.24 bits per heavy atom. The van der Waals surface area contributed by atoms with Crippen molar-refractivity contribution in [1.29, 1.82) is 0 Å². The minimum absolute atomic E-state index is 0.105. The second-order valence-electron chi connectivity index (χ2n) is 4.85. The maximum absolute atomic E-state index is 12.6. The van der Waals surface area contributed by atoms with E-state index in [1.54, 1.807) is 16.8 Å². The Bertz CT molecular complexity index is 867. The molecule has 0 aliphatic carbocycles. The van der Waals surface area contributed by atoms with Gasteiger partial charge >= 0.3 is 0 Å². The van der Waals surface area contributed by atoms with Gasteiger partial charge in [0.2, 0.25) is 5.91 Å².